The van der Waals surface area contributed by atoms with Gasteiger partial charge in [0.15, 0.2) is 0 Å². The molecule has 0 atom stereocenters. The van der Waals surface area contributed by atoms with Crippen molar-refractivity contribution in [1.29, 1.82) is 0 Å². The van der Waals surface area contributed by atoms with Crippen molar-refractivity contribution in [3.05, 3.63) is 23.8 Å². The van der Waals surface area contributed by atoms with Crippen LogP contribution in [0.25, 0.3) is 0 Å². The molecule has 1 aromatic rings. The van der Waals surface area contributed by atoms with Gasteiger partial charge in [0.05, 0.1) is 13.0 Å². The zero-order valence-electron chi connectivity index (χ0n) is 8.02. The first-order chi connectivity index (χ1) is 6.72. The van der Waals surface area contributed by atoms with Gasteiger partial charge in [-0.2, -0.15) is 0 Å². The Labute approximate surface area is 97.9 Å². The second kappa shape index (κ2) is 4.64. The summed E-state index contributed by atoms with van der Waals surface area (Å²) in [6, 6.07) is 5.26. The zero-order chi connectivity index (χ0) is 10.1. The van der Waals surface area contributed by atoms with E-state index in [1.807, 2.05) is 0 Å². The molecule has 0 aliphatic carbocycles. The fourth-order valence-electron chi connectivity index (χ4n) is 1.73. The van der Waals surface area contributed by atoms with Crippen LogP contribution in [0.3, 0.4) is 0 Å². The molecule has 2 rings (SSSR count). The molecule has 82 valence electrons. The van der Waals surface area contributed by atoms with Gasteiger partial charge in [0.2, 0.25) is 5.91 Å². The van der Waals surface area contributed by atoms with Crippen LogP contribution in [0.2, 0.25) is 0 Å². The van der Waals surface area contributed by atoms with Gasteiger partial charge in [-0.3, -0.25) is 4.79 Å². The van der Waals surface area contributed by atoms with Gasteiger partial charge in [0.1, 0.15) is 6.67 Å². The van der Waals surface area contributed by atoms with Crippen LogP contribution in [0.4, 0.5) is 15.8 Å². The Morgan fingerprint density at radius 2 is 2.20 bits per heavy atom. The number of carbonyl (C=O) groups excluding carboxylic acids is 1. The third kappa shape index (κ3) is 2.13. The number of nitrogen functional groups attached to an aromatic ring is 1. The molecule has 0 bridgehead atoms. The van der Waals surface area contributed by atoms with Crippen molar-refractivity contribution in [3.8, 4) is 0 Å². The molecule has 1 heterocycles. The summed E-state index contributed by atoms with van der Waals surface area (Å²) < 4.78 is 12.2. The van der Waals surface area contributed by atoms with Gasteiger partial charge < -0.3 is 10.6 Å². The molecule has 1 aromatic carbocycles. The van der Waals surface area contributed by atoms with Gasteiger partial charge in [0.25, 0.3) is 0 Å². The molecule has 1 aliphatic rings. The molecule has 3 nitrogen and oxygen atoms in total. The number of halogens is 1. The maximum atomic E-state index is 12.2. The molecular weight excluding hydrogens is 239 g/mol. The number of amides is 1. The predicted molar refractivity (Wildman–Crippen MR) is 52.9 cm³/mol. The average molecular weight is 250 g/mol. The number of rotatable bonds is 2. The Morgan fingerprint density at radius 1 is 1.47 bits per heavy atom. The summed E-state index contributed by atoms with van der Waals surface area (Å²) in [5.41, 5.74) is 7.91. The first kappa shape index (κ1) is 12.0. The summed E-state index contributed by atoms with van der Waals surface area (Å²) in [4.78, 5) is 12.9. The van der Waals surface area contributed by atoms with Crippen LogP contribution in [0.1, 0.15) is 5.56 Å². The van der Waals surface area contributed by atoms with Crippen LogP contribution in [0.5, 0.6) is 0 Å². The van der Waals surface area contributed by atoms with Gasteiger partial charge in [0, 0.05) is 28.4 Å². The second-order valence-corrected chi connectivity index (χ2v) is 3.30. The van der Waals surface area contributed by atoms with Gasteiger partial charge in [-0.05, 0) is 23.8 Å². The van der Waals surface area contributed by atoms with Gasteiger partial charge in [-0.15, -0.1) is 0 Å². The van der Waals surface area contributed by atoms with E-state index in [0.29, 0.717) is 12.1 Å². The summed E-state index contributed by atoms with van der Waals surface area (Å²) in [7, 11) is 0. The van der Waals surface area contributed by atoms with Crippen LogP contribution in [-0.2, 0) is 28.3 Å². The molecule has 1 amide bonds. The number of hydrogen-bond donors (Lipinski definition) is 1. The third-order valence-electron chi connectivity index (χ3n) is 2.35. The SMILES string of the molecule is Nc1ccc2c(c1)CC(=O)N2CCF.[Fe]. The molecule has 2 N–H and O–H groups in total. The molecule has 0 aromatic heterocycles. The van der Waals surface area contributed by atoms with E-state index in [-0.39, 0.29) is 29.5 Å². The van der Waals surface area contributed by atoms with Crippen molar-refractivity contribution in [2.24, 2.45) is 0 Å². The Morgan fingerprint density at radius 3 is 2.87 bits per heavy atom. The second-order valence-electron chi connectivity index (χ2n) is 3.30. The fourth-order valence-corrected chi connectivity index (χ4v) is 1.73. The first-order valence-electron chi connectivity index (χ1n) is 4.47. The van der Waals surface area contributed by atoms with Crippen LogP contribution in [0.15, 0.2) is 18.2 Å². The van der Waals surface area contributed by atoms with E-state index in [9.17, 15) is 9.18 Å². The van der Waals surface area contributed by atoms with Gasteiger partial charge in [-0.1, -0.05) is 0 Å². The van der Waals surface area contributed by atoms with E-state index in [4.69, 9.17) is 5.73 Å². The normalized spacial score (nSPS) is 13.7. The number of carbonyl (C=O) groups is 1. The maximum absolute atomic E-state index is 12.2. The van der Waals surface area contributed by atoms with Gasteiger partial charge in [-0.25, -0.2) is 4.39 Å². The van der Waals surface area contributed by atoms with E-state index < -0.39 is 6.67 Å². The molecular formula is C10H11FFeN2O. The fraction of sp³-hybridized carbons (Fsp3) is 0.300. The van der Waals surface area contributed by atoms with Crippen molar-refractivity contribution in [2.45, 2.75) is 6.42 Å². The molecule has 0 spiro atoms. The minimum absolute atomic E-state index is 0. The smallest absolute Gasteiger partial charge is 0.231 e. The van der Waals surface area contributed by atoms with Crippen LogP contribution in [-0.4, -0.2) is 19.1 Å². The Balaban J connectivity index is 0.00000112. The summed E-state index contributed by atoms with van der Waals surface area (Å²) in [6.07, 6.45) is 0.334. The molecule has 0 saturated heterocycles. The van der Waals surface area contributed by atoms with Crippen molar-refractivity contribution >= 4 is 17.3 Å². The number of benzene rings is 1. The Bertz CT molecular complexity index is 384. The third-order valence-corrected chi connectivity index (χ3v) is 2.35. The van der Waals surface area contributed by atoms with Crippen molar-refractivity contribution in [2.75, 3.05) is 23.9 Å². The standard InChI is InChI=1S/C10H11FN2O.Fe/c11-3-4-13-9-2-1-8(12)5-7(9)6-10(13)14;/h1-2,5H,3-4,6,12H2;. The van der Waals surface area contributed by atoms with E-state index in [2.05, 4.69) is 0 Å². The largest absolute Gasteiger partial charge is 0.399 e. The van der Waals surface area contributed by atoms with E-state index in [0.717, 1.165) is 11.3 Å². The van der Waals surface area contributed by atoms with Crippen molar-refractivity contribution in [3.63, 3.8) is 0 Å². The number of nitrogens with two attached hydrogens (primary N) is 1. The summed E-state index contributed by atoms with van der Waals surface area (Å²) in [6.45, 7) is -0.384. The number of hydrogen-bond acceptors (Lipinski definition) is 2. The maximum Gasteiger partial charge on any atom is 0.231 e. The van der Waals surface area contributed by atoms with Gasteiger partial charge >= 0.3 is 0 Å². The zero-order valence-corrected chi connectivity index (χ0v) is 9.12. The quantitative estimate of drug-likeness (QED) is 0.631. The predicted octanol–water partition coefficient (Wildman–Crippen LogP) is 1.12. The van der Waals surface area contributed by atoms with Crippen molar-refractivity contribution < 1.29 is 26.3 Å². The summed E-state index contributed by atoms with van der Waals surface area (Å²) in [5, 5.41) is 0. The number of nitrogens with zero attached hydrogens (tertiary/aromatic N) is 1. The average Bonchev–Trinajstić information content (AvgIpc) is 2.43. The molecule has 0 radical (unpaired) electrons. The summed E-state index contributed by atoms with van der Waals surface area (Å²) >= 11 is 0. The van der Waals surface area contributed by atoms with Crippen molar-refractivity contribution in [1.82, 2.24) is 0 Å². The Hall–Kier alpha value is -1.06. The van der Waals surface area contributed by atoms with Crippen LogP contribution < -0.4 is 10.6 Å². The van der Waals surface area contributed by atoms with E-state index >= 15 is 0 Å². The van der Waals surface area contributed by atoms with E-state index in [1.54, 1.807) is 18.2 Å². The van der Waals surface area contributed by atoms with Crippen LogP contribution in [0, 0.1) is 0 Å². The first-order valence-corrected chi connectivity index (χ1v) is 4.47. The number of anilines is 2. The topological polar surface area (TPSA) is 46.3 Å². The molecule has 5 heteroatoms. The minimum Gasteiger partial charge on any atom is -0.399 e. The number of fused-ring (bicyclic) bond motifs is 1. The molecule has 1 aliphatic heterocycles. The van der Waals surface area contributed by atoms with E-state index in [1.165, 1.54) is 4.90 Å². The van der Waals surface area contributed by atoms with Crippen LogP contribution >= 0.6 is 0 Å². The molecule has 0 fully saturated rings. The molecule has 0 unspecified atom stereocenters. The minimum atomic E-state index is -0.518. The number of alkyl halides is 1. The molecule has 0 saturated carbocycles. The Kier molecular flexibility index (Phi) is 3.71. The monoisotopic (exact) mass is 250 g/mol. The summed E-state index contributed by atoms with van der Waals surface area (Å²) in [5.74, 6) is -0.0525. The molecule has 15 heavy (non-hydrogen) atoms.